The summed E-state index contributed by atoms with van der Waals surface area (Å²) < 4.78 is 12.7. The maximum atomic E-state index is 12.5. The van der Waals surface area contributed by atoms with Crippen LogP contribution >= 0.6 is 0 Å². The van der Waals surface area contributed by atoms with Crippen molar-refractivity contribution in [3.63, 3.8) is 0 Å². The summed E-state index contributed by atoms with van der Waals surface area (Å²) in [6.07, 6.45) is 8.93. The van der Waals surface area contributed by atoms with Crippen LogP contribution in [0.2, 0.25) is 0 Å². The average molecular weight is 339 g/mol. The van der Waals surface area contributed by atoms with Crippen LogP contribution in [0.3, 0.4) is 0 Å². The Kier molecular flexibility index (Phi) is 4.30. The molecule has 5 nitrogen and oxygen atoms in total. The molecule has 0 unspecified atom stereocenters. The van der Waals surface area contributed by atoms with E-state index in [0.29, 0.717) is 6.54 Å². The normalized spacial score (nSPS) is 16.2. The molecule has 1 N–H and O–H groups in total. The first-order chi connectivity index (χ1) is 12.2. The third-order valence-electron chi connectivity index (χ3n) is 5.04. The molecule has 1 amide bonds. The molecule has 5 heteroatoms. The number of ether oxygens (including phenoxy) is 2. The maximum absolute atomic E-state index is 12.5. The van der Waals surface area contributed by atoms with Crippen LogP contribution in [0.25, 0.3) is 0 Å². The minimum atomic E-state index is -0.235. The number of aryl methyl sites for hydroxylation is 2. The van der Waals surface area contributed by atoms with Gasteiger partial charge in [-0.1, -0.05) is 6.07 Å². The lowest BCUT2D eigenvalue weighted by atomic mass is 9.93. The smallest absolute Gasteiger partial charge is 0.289 e. The summed E-state index contributed by atoms with van der Waals surface area (Å²) in [5.74, 6) is 1.51. The van der Waals surface area contributed by atoms with Gasteiger partial charge in [-0.3, -0.25) is 4.79 Å². The lowest BCUT2D eigenvalue weighted by Gasteiger charge is -2.15. The van der Waals surface area contributed by atoms with Crippen molar-refractivity contribution in [1.82, 2.24) is 5.32 Å². The Bertz CT molecular complexity index is 804. The predicted octanol–water partition coefficient (Wildman–Crippen LogP) is 2.46. The highest BCUT2D eigenvalue weighted by Crippen LogP contribution is 2.32. The number of nitrogens with one attached hydrogen (secondary N) is 1. The molecule has 2 aliphatic rings. The monoisotopic (exact) mass is 339 g/mol. The van der Waals surface area contributed by atoms with Gasteiger partial charge >= 0.3 is 0 Å². The van der Waals surface area contributed by atoms with Crippen molar-refractivity contribution in [2.45, 2.75) is 45.2 Å². The summed E-state index contributed by atoms with van der Waals surface area (Å²) in [6, 6.07) is 7.67. The number of hydrogen-bond donors (Lipinski definition) is 1. The summed E-state index contributed by atoms with van der Waals surface area (Å²) in [4.78, 5) is 12.5. The topological polar surface area (TPSA) is 51.4 Å². The molecule has 0 saturated carbocycles. The fourth-order valence-corrected chi connectivity index (χ4v) is 3.45. The van der Waals surface area contributed by atoms with Crippen LogP contribution in [0.4, 0.5) is 0 Å². The van der Waals surface area contributed by atoms with E-state index in [2.05, 4.69) is 17.6 Å². The first kappa shape index (κ1) is 15.9. The van der Waals surface area contributed by atoms with Crippen molar-refractivity contribution in [2.75, 3.05) is 6.79 Å². The molecule has 4 rings (SSSR count). The number of carbonyl (C=O) groups is 1. The first-order valence-electron chi connectivity index (χ1n) is 8.89. The first-order valence-corrected chi connectivity index (χ1v) is 8.89. The lowest BCUT2D eigenvalue weighted by Crippen LogP contribution is -2.46. The van der Waals surface area contributed by atoms with E-state index >= 15 is 0 Å². The highest BCUT2D eigenvalue weighted by molar-refractivity contribution is 5.78. The number of benzene rings is 1. The van der Waals surface area contributed by atoms with Crippen LogP contribution in [0.5, 0.6) is 11.5 Å². The van der Waals surface area contributed by atoms with E-state index in [9.17, 15) is 4.79 Å². The fourth-order valence-electron chi connectivity index (χ4n) is 3.45. The number of carbonyl (C=O) groups excluding carboxylic acids is 1. The molecule has 0 radical (unpaired) electrons. The molecule has 1 aromatic heterocycles. The van der Waals surface area contributed by atoms with Gasteiger partial charge in [-0.2, -0.15) is 4.57 Å². The van der Waals surface area contributed by atoms with Crippen LogP contribution in [0.15, 0.2) is 36.7 Å². The molecule has 2 heterocycles. The minimum absolute atomic E-state index is 0.0124. The van der Waals surface area contributed by atoms with Crippen molar-refractivity contribution in [1.29, 1.82) is 0 Å². The molecule has 0 spiro atoms. The van der Waals surface area contributed by atoms with Crippen LogP contribution in [0, 0.1) is 0 Å². The molecule has 1 aliphatic carbocycles. The molecule has 0 saturated heterocycles. The average Bonchev–Trinajstić information content (AvgIpc) is 3.13. The van der Waals surface area contributed by atoms with E-state index in [1.165, 1.54) is 24.0 Å². The van der Waals surface area contributed by atoms with Crippen LogP contribution in [-0.4, -0.2) is 12.7 Å². The Hall–Kier alpha value is -2.56. The van der Waals surface area contributed by atoms with Gasteiger partial charge in [-0.25, -0.2) is 0 Å². The van der Waals surface area contributed by atoms with Gasteiger partial charge in [-0.15, -0.1) is 0 Å². The number of nitrogens with zero attached hydrogens (tertiary/aromatic N) is 1. The van der Waals surface area contributed by atoms with E-state index < -0.39 is 0 Å². The standard InChI is InChI=1S/C20H22N2O3/c1-14(22-9-8-16-4-2-3-5-17(16)12-22)20(23)21-11-15-6-7-18-19(10-15)25-13-24-18/h6-10,12,14H,2-5,11,13H2,1H3/p+1/t14-/m0/s1. The van der Waals surface area contributed by atoms with E-state index in [4.69, 9.17) is 9.47 Å². The Labute approximate surface area is 147 Å². The fraction of sp³-hybridized carbons (Fsp3) is 0.400. The number of pyridine rings is 1. The summed E-state index contributed by atoms with van der Waals surface area (Å²) in [6.45, 7) is 2.67. The molecule has 1 aromatic carbocycles. The minimum Gasteiger partial charge on any atom is -0.454 e. The summed E-state index contributed by atoms with van der Waals surface area (Å²) in [5.41, 5.74) is 3.81. The molecule has 1 aliphatic heterocycles. The van der Waals surface area contributed by atoms with E-state index in [1.807, 2.05) is 35.9 Å². The summed E-state index contributed by atoms with van der Waals surface area (Å²) >= 11 is 0. The van der Waals surface area contributed by atoms with E-state index in [1.54, 1.807) is 0 Å². The second-order valence-corrected chi connectivity index (χ2v) is 6.73. The number of amides is 1. The van der Waals surface area contributed by atoms with Crippen molar-refractivity contribution in [2.24, 2.45) is 0 Å². The van der Waals surface area contributed by atoms with Gasteiger partial charge in [0.2, 0.25) is 12.8 Å². The zero-order chi connectivity index (χ0) is 17.2. The quantitative estimate of drug-likeness (QED) is 0.871. The van der Waals surface area contributed by atoms with Crippen molar-refractivity contribution < 1.29 is 18.8 Å². The third-order valence-corrected chi connectivity index (χ3v) is 5.04. The highest BCUT2D eigenvalue weighted by Gasteiger charge is 2.24. The lowest BCUT2D eigenvalue weighted by molar-refractivity contribution is -0.706. The number of hydrogen-bond acceptors (Lipinski definition) is 3. The van der Waals surface area contributed by atoms with Crippen molar-refractivity contribution in [3.05, 3.63) is 53.3 Å². The Morgan fingerprint density at radius 1 is 1.16 bits per heavy atom. The Morgan fingerprint density at radius 2 is 1.96 bits per heavy atom. The summed E-state index contributed by atoms with van der Waals surface area (Å²) in [5, 5.41) is 3.01. The Balaban J connectivity index is 1.40. The van der Waals surface area contributed by atoms with Gasteiger partial charge < -0.3 is 14.8 Å². The zero-order valence-corrected chi connectivity index (χ0v) is 14.5. The van der Waals surface area contributed by atoms with E-state index in [-0.39, 0.29) is 18.7 Å². The number of rotatable bonds is 4. The molecule has 0 fully saturated rings. The molecule has 25 heavy (non-hydrogen) atoms. The van der Waals surface area contributed by atoms with Crippen molar-refractivity contribution in [3.8, 4) is 11.5 Å². The maximum Gasteiger partial charge on any atom is 0.289 e. The van der Waals surface area contributed by atoms with Crippen LogP contribution < -0.4 is 19.4 Å². The van der Waals surface area contributed by atoms with Crippen LogP contribution in [0.1, 0.15) is 42.5 Å². The summed E-state index contributed by atoms with van der Waals surface area (Å²) in [7, 11) is 0. The van der Waals surface area contributed by atoms with E-state index in [0.717, 1.165) is 29.9 Å². The van der Waals surface area contributed by atoms with Crippen LogP contribution in [-0.2, 0) is 24.2 Å². The SMILES string of the molecule is C[C@@H](C(=O)NCc1ccc2c(c1)OCO2)[n+]1ccc2c(c1)CCCC2. The molecule has 0 bridgehead atoms. The van der Waals surface area contributed by atoms with Gasteiger partial charge in [0.15, 0.2) is 23.9 Å². The third kappa shape index (κ3) is 3.31. The van der Waals surface area contributed by atoms with Gasteiger partial charge in [0.25, 0.3) is 5.91 Å². The number of fused-ring (bicyclic) bond motifs is 2. The molecule has 130 valence electrons. The second kappa shape index (κ2) is 6.75. The van der Waals surface area contributed by atoms with Gasteiger partial charge in [0, 0.05) is 25.1 Å². The molecule has 2 aromatic rings. The molecule has 1 atom stereocenters. The predicted molar refractivity (Wildman–Crippen MR) is 92.4 cm³/mol. The molecular formula is C20H23N2O3+. The van der Waals surface area contributed by atoms with Gasteiger partial charge in [0.1, 0.15) is 0 Å². The largest absolute Gasteiger partial charge is 0.454 e. The van der Waals surface area contributed by atoms with Crippen molar-refractivity contribution >= 4 is 5.91 Å². The van der Waals surface area contributed by atoms with Gasteiger partial charge in [-0.05, 0) is 48.9 Å². The Morgan fingerprint density at radius 3 is 2.84 bits per heavy atom. The molecular weight excluding hydrogens is 316 g/mol. The van der Waals surface area contributed by atoms with Gasteiger partial charge in [0.05, 0.1) is 0 Å². The highest BCUT2D eigenvalue weighted by atomic mass is 16.7. The second-order valence-electron chi connectivity index (χ2n) is 6.73. The number of aromatic nitrogens is 1. The zero-order valence-electron chi connectivity index (χ0n) is 14.5.